The minimum atomic E-state index is -0.414. The molecule has 0 radical (unpaired) electrons. The molecule has 6 nitrogen and oxygen atoms in total. The molecule has 4 aliphatic heterocycles. The Morgan fingerprint density at radius 1 is 0.756 bits per heavy atom. The van der Waals surface area contributed by atoms with Crippen LogP contribution in [0.1, 0.15) is 69.1 Å². The van der Waals surface area contributed by atoms with Crippen molar-refractivity contribution < 1.29 is 42.0 Å². The second-order valence-electron chi connectivity index (χ2n) is 11.8. The van der Waals surface area contributed by atoms with Gasteiger partial charge in [0.25, 0.3) is 0 Å². The van der Waals surface area contributed by atoms with Crippen molar-refractivity contribution in [3.05, 3.63) is 88.7 Å². The third kappa shape index (κ3) is 8.79. The first kappa shape index (κ1) is 32.8. The van der Waals surface area contributed by atoms with Gasteiger partial charge in [-0.25, -0.2) is 13.2 Å². The summed E-state index contributed by atoms with van der Waals surface area (Å²) in [6, 6.07) is 13.7. The lowest BCUT2D eigenvalue weighted by molar-refractivity contribution is -0.126. The fourth-order valence-corrected chi connectivity index (χ4v) is 5.85. The van der Waals surface area contributed by atoms with Crippen LogP contribution in [0.4, 0.5) is 13.2 Å². The van der Waals surface area contributed by atoms with Gasteiger partial charge in [-0.15, -0.1) is 0 Å². The number of carbonyl (C=O) groups excluding carboxylic acids is 1. The Hall–Kier alpha value is -3.56. The van der Waals surface area contributed by atoms with Gasteiger partial charge < -0.3 is 24.1 Å². The van der Waals surface area contributed by atoms with Crippen LogP contribution in [0, 0.1) is 17.5 Å². The maximum atomic E-state index is 13.0. The molecule has 0 aromatic heterocycles. The Morgan fingerprint density at radius 2 is 1.27 bits per heavy atom. The molecule has 242 valence electrons. The van der Waals surface area contributed by atoms with E-state index in [4.69, 9.17) is 18.9 Å². The fourth-order valence-electron chi connectivity index (χ4n) is 5.85. The van der Waals surface area contributed by atoms with E-state index >= 15 is 0 Å². The summed E-state index contributed by atoms with van der Waals surface area (Å²) in [5.74, 6) is 1.63. The zero-order chi connectivity index (χ0) is 31.9. The van der Waals surface area contributed by atoms with E-state index in [0.29, 0.717) is 30.8 Å². The molecule has 3 unspecified atom stereocenters. The molecule has 0 spiro atoms. The fraction of sp³-hybridized carbons (Fsp3) is 0.472. The number of aliphatic hydroxyl groups is 1. The first-order chi connectivity index (χ1) is 21.7. The van der Waals surface area contributed by atoms with Crippen LogP contribution in [-0.2, 0) is 28.8 Å². The predicted octanol–water partition coefficient (Wildman–Crippen LogP) is 7.10. The molecular formula is C36H41F3O6. The topological polar surface area (TPSA) is 77.5 Å². The van der Waals surface area contributed by atoms with Crippen LogP contribution in [0.5, 0.6) is 17.2 Å². The Balaban J connectivity index is 0.000000134. The molecule has 0 saturated carbocycles. The Bertz CT molecular complexity index is 1460. The molecule has 0 aliphatic carbocycles. The maximum Gasteiger partial charge on any atom is 0.173 e. The Kier molecular flexibility index (Phi) is 11.0. The second-order valence-corrected chi connectivity index (χ2v) is 11.8. The molecule has 0 bridgehead atoms. The SMILES string of the molecule is CCC(=O)C1CCc2cc(F)ccc2O1.CCCC(O)[C@@H]1CCc2cc(F)ccc2O1.Fc1ccc2c(c1)CC[C@@H](C1CO1)O2. The standard InChI is InChI=1S/C13H17FO2.C12H13FO2.C11H11FO2/c1-2-3-11(15)13-6-4-9-8-10(14)5-7-12(9)16-13;1-2-10(14)12-5-3-8-7-9(13)4-6-11(8)15-12;12-8-2-4-9-7(5-8)1-3-10(14-9)11-6-13-11/h5,7-8,11,13,15H,2-4,6H2,1H3;4,6-7,12H,2-3,5H2,1H3;2,4-5,10-11H,1,3,6H2/t11?,13-;;10-,11?/m0.0/s1. The summed E-state index contributed by atoms with van der Waals surface area (Å²) < 4.78 is 60.9. The number of benzene rings is 3. The van der Waals surface area contributed by atoms with E-state index in [9.17, 15) is 23.1 Å². The summed E-state index contributed by atoms with van der Waals surface area (Å²) in [5, 5.41) is 9.86. The number of halogens is 3. The largest absolute Gasteiger partial charge is 0.487 e. The average Bonchev–Trinajstić information content (AvgIpc) is 3.90. The normalized spacial score (nSPS) is 23.0. The highest BCUT2D eigenvalue weighted by Gasteiger charge is 2.36. The number of epoxide rings is 1. The minimum Gasteiger partial charge on any atom is -0.487 e. The maximum absolute atomic E-state index is 13.0. The molecule has 1 fully saturated rings. The highest BCUT2D eigenvalue weighted by atomic mass is 19.1. The number of hydrogen-bond donors (Lipinski definition) is 1. The third-order valence-corrected chi connectivity index (χ3v) is 8.46. The van der Waals surface area contributed by atoms with Gasteiger partial charge in [0.1, 0.15) is 53.0 Å². The van der Waals surface area contributed by atoms with Gasteiger partial charge >= 0.3 is 0 Å². The van der Waals surface area contributed by atoms with Crippen molar-refractivity contribution in [1.82, 2.24) is 0 Å². The van der Waals surface area contributed by atoms with Crippen LogP contribution in [0.25, 0.3) is 0 Å². The van der Waals surface area contributed by atoms with E-state index in [2.05, 4.69) is 0 Å². The monoisotopic (exact) mass is 626 g/mol. The van der Waals surface area contributed by atoms with E-state index in [-0.39, 0.29) is 47.7 Å². The number of Topliss-reactive ketones (excluding diaryl/α,β-unsaturated/α-hetero) is 1. The number of fused-ring (bicyclic) bond motifs is 3. The number of ketones is 1. The van der Waals surface area contributed by atoms with Crippen molar-refractivity contribution in [2.75, 3.05) is 6.61 Å². The molecular weight excluding hydrogens is 585 g/mol. The molecule has 4 heterocycles. The smallest absolute Gasteiger partial charge is 0.173 e. The van der Waals surface area contributed by atoms with Gasteiger partial charge in [0.05, 0.1) is 12.7 Å². The predicted molar refractivity (Wildman–Crippen MR) is 163 cm³/mol. The van der Waals surface area contributed by atoms with Crippen molar-refractivity contribution in [1.29, 1.82) is 0 Å². The van der Waals surface area contributed by atoms with Crippen molar-refractivity contribution >= 4 is 5.78 Å². The number of rotatable bonds is 6. The third-order valence-electron chi connectivity index (χ3n) is 8.46. The second kappa shape index (κ2) is 15.1. The molecule has 3 aromatic rings. The molecule has 45 heavy (non-hydrogen) atoms. The van der Waals surface area contributed by atoms with Crippen LogP contribution in [0.15, 0.2) is 54.6 Å². The summed E-state index contributed by atoms with van der Waals surface area (Å²) in [6.45, 7) is 4.67. The Labute approximate surface area is 262 Å². The average molecular weight is 627 g/mol. The lowest BCUT2D eigenvalue weighted by atomic mass is 9.97. The van der Waals surface area contributed by atoms with Crippen molar-refractivity contribution in [3.8, 4) is 17.2 Å². The van der Waals surface area contributed by atoms with Gasteiger partial charge in [0.15, 0.2) is 11.9 Å². The van der Waals surface area contributed by atoms with Crippen LogP contribution in [0.3, 0.4) is 0 Å². The van der Waals surface area contributed by atoms with Crippen molar-refractivity contribution in [3.63, 3.8) is 0 Å². The summed E-state index contributed by atoms with van der Waals surface area (Å²) in [5.41, 5.74) is 2.73. The summed E-state index contributed by atoms with van der Waals surface area (Å²) in [7, 11) is 0. The summed E-state index contributed by atoms with van der Waals surface area (Å²) >= 11 is 0. The number of aliphatic hydroxyl groups excluding tert-OH is 1. The van der Waals surface area contributed by atoms with Gasteiger partial charge in [-0.05, 0) is 116 Å². The summed E-state index contributed by atoms with van der Waals surface area (Å²) in [4.78, 5) is 11.4. The molecule has 1 saturated heterocycles. The minimum absolute atomic E-state index is 0.116. The molecule has 0 amide bonds. The molecule has 4 aliphatic rings. The molecule has 7 rings (SSSR count). The van der Waals surface area contributed by atoms with Gasteiger partial charge in [-0.3, -0.25) is 4.79 Å². The molecule has 9 heteroatoms. The first-order valence-corrected chi connectivity index (χ1v) is 15.9. The van der Waals surface area contributed by atoms with Crippen LogP contribution < -0.4 is 14.2 Å². The van der Waals surface area contributed by atoms with E-state index in [1.807, 2.05) is 13.8 Å². The lowest BCUT2D eigenvalue weighted by Crippen LogP contribution is -2.34. The van der Waals surface area contributed by atoms with Crippen LogP contribution in [-0.4, -0.2) is 48.0 Å². The number of hydrogen-bond acceptors (Lipinski definition) is 6. The molecule has 5 atom stereocenters. The van der Waals surface area contributed by atoms with Gasteiger partial charge in [-0.2, -0.15) is 0 Å². The number of carbonyl (C=O) groups is 1. The van der Waals surface area contributed by atoms with Crippen LogP contribution in [0.2, 0.25) is 0 Å². The quantitative estimate of drug-likeness (QED) is 0.294. The van der Waals surface area contributed by atoms with Crippen LogP contribution >= 0.6 is 0 Å². The highest BCUT2D eigenvalue weighted by Crippen LogP contribution is 2.33. The molecule has 3 aromatic carbocycles. The highest BCUT2D eigenvalue weighted by molar-refractivity contribution is 5.83. The lowest BCUT2D eigenvalue weighted by Gasteiger charge is -2.29. The van der Waals surface area contributed by atoms with E-state index < -0.39 is 6.10 Å². The van der Waals surface area contributed by atoms with Gasteiger partial charge in [-0.1, -0.05) is 20.3 Å². The zero-order valence-electron chi connectivity index (χ0n) is 25.8. The Morgan fingerprint density at radius 3 is 1.80 bits per heavy atom. The van der Waals surface area contributed by atoms with E-state index in [1.165, 1.54) is 30.3 Å². The van der Waals surface area contributed by atoms with Crippen molar-refractivity contribution in [2.45, 2.75) is 102 Å². The molecule has 1 N–H and O–H groups in total. The summed E-state index contributed by atoms with van der Waals surface area (Å²) in [6.07, 6.45) is 6.46. The van der Waals surface area contributed by atoms with Gasteiger partial charge in [0, 0.05) is 6.42 Å². The van der Waals surface area contributed by atoms with Gasteiger partial charge in [0.2, 0.25) is 0 Å². The first-order valence-electron chi connectivity index (χ1n) is 15.9. The number of ether oxygens (including phenoxy) is 4. The van der Waals surface area contributed by atoms with E-state index in [0.717, 1.165) is 67.6 Å². The zero-order valence-corrected chi connectivity index (χ0v) is 25.8. The number of aryl methyl sites for hydroxylation is 3. The van der Waals surface area contributed by atoms with Crippen molar-refractivity contribution in [2.24, 2.45) is 0 Å². The van der Waals surface area contributed by atoms with E-state index in [1.54, 1.807) is 24.3 Å².